The van der Waals surface area contributed by atoms with Crippen molar-refractivity contribution in [3.8, 4) is 0 Å². The van der Waals surface area contributed by atoms with Gasteiger partial charge < -0.3 is 10.4 Å². The van der Waals surface area contributed by atoms with Gasteiger partial charge in [0.05, 0.1) is 31.0 Å². The maximum Gasteiger partial charge on any atom is 0.229 e. The lowest BCUT2D eigenvalue weighted by molar-refractivity contribution is 0.0969. The van der Waals surface area contributed by atoms with Crippen molar-refractivity contribution in [3.63, 3.8) is 0 Å². The van der Waals surface area contributed by atoms with Gasteiger partial charge in [-0.3, -0.25) is 14.6 Å². The monoisotopic (exact) mass is 423 g/mol. The van der Waals surface area contributed by atoms with Gasteiger partial charge in [0, 0.05) is 6.20 Å². The van der Waals surface area contributed by atoms with Gasteiger partial charge in [-0.05, 0) is 30.2 Å². The van der Waals surface area contributed by atoms with Crippen LogP contribution in [0.15, 0.2) is 59.5 Å². The van der Waals surface area contributed by atoms with Crippen molar-refractivity contribution in [2.24, 2.45) is 0 Å². The van der Waals surface area contributed by atoms with Gasteiger partial charge >= 0.3 is 0 Å². The lowest BCUT2D eigenvalue weighted by Gasteiger charge is -2.20. The molecule has 1 atom stereocenters. The number of nitrogens with one attached hydrogen (secondary N) is 1. The summed E-state index contributed by atoms with van der Waals surface area (Å²) in [5.74, 6) is -0.873. The van der Waals surface area contributed by atoms with Crippen LogP contribution < -0.4 is 5.32 Å². The fourth-order valence-corrected chi connectivity index (χ4v) is 3.41. The van der Waals surface area contributed by atoms with Gasteiger partial charge in [-0.15, -0.1) is 5.10 Å². The number of hydrogen-bond acceptors (Lipinski definition) is 7. The topological polar surface area (TPSA) is 110 Å². The second-order valence-electron chi connectivity index (χ2n) is 6.93. The van der Waals surface area contributed by atoms with Crippen LogP contribution in [-0.4, -0.2) is 36.7 Å². The Morgan fingerprint density at radius 2 is 1.87 bits per heavy atom. The molecule has 2 heterocycles. The molecule has 1 aliphatic carbocycles. The number of benzene rings is 1. The smallest absolute Gasteiger partial charge is 0.229 e. The van der Waals surface area contributed by atoms with Crippen LogP contribution in [0.5, 0.6) is 0 Å². The fraction of sp³-hybridized carbons (Fsp3) is 0.190. The SMILES string of the molecule is CC(NC1=C(Cl)C(=O)c2cccnc2C1=O)c1cn(Cc2ccc(CO)cc2)nn1. The first-order valence-electron chi connectivity index (χ1n) is 9.27. The van der Waals surface area contributed by atoms with Gasteiger partial charge in [0.25, 0.3) is 0 Å². The molecule has 0 fully saturated rings. The molecule has 2 aromatic heterocycles. The number of hydrogen-bond donors (Lipinski definition) is 2. The molecular formula is C21H18ClN5O3. The third-order valence-corrected chi connectivity index (χ3v) is 5.18. The first kappa shape index (κ1) is 19.9. The maximum atomic E-state index is 12.8. The summed E-state index contributed by atoms with van der Waals surface area (Å²) < 4.78 is 1.67. The Morgan fingerprint density at radius 1 is 1.13 bits per heavy atom. The Hall–Kier alpha value is -3.36. The van der Waals surface area contributed by atoms with Gasteiger partial charge in [-0.1, -0.05) is 41.1 Å². The number of nitrogens with zero attached hydrogens (tertiary/aromatic N) is 4. The number of Topliss-reactive ketones (excluding diaryl/α,β-unsaturated/α-hetero) is 2. The van der Waals surface area contributed by atoms with Gasteiger partial charge in [0.2, 0.25) is 11.6 Å². The van der Waals surface area contributed by atoms with Gasteiger partial charge in [0.15, 0.2) is 0 Å². The quantitative estimate of drug-likeness (QED) is 0.626. The standard InChI is InChI=1S/C21H18ClN5O3/c1-12(16-10-27(26-25-16)9-13-4-6-14(11-28)7-5-13)24-19-17(22)20(29)15-3-2-8-23-18(15)21(19)30/h2-8,10,12,24,28H,9,11H2,1H3. The number of allylic oxidation sites excluding steroid dienone is 2. The van der Waals surface area contributed by atoms with E-state index in [-0.39, 0.29) is 28.6 Å². The minimum absolute atomic E-state index is 0.00341. The van der Waals surface area contributed by atoms with Gasteiger partial charge in [-0.25, -0.2) is 4.68 Å². The largest absolute Gasteiger partial charge is 0.392 e. The number of carbonyl (C=O) groups excluding carboxylic acids is 2. The Morgan fingerprint density at radius 3 is 2.60 bits per heavy atom. The van der Waals surface area contributed by atoms with Gasteiger partial charge in [0.1, 0.15) is 22.1 Å². The zero-order valence-electron chi connectivity index (χ0n) is 16.0. The second-order valence-corrected chi connectivity index (χ2v) is 7.31. The van der Waals surface area contributed by atoms with Crippen molar-refractivity contribution in [1.29, 1.82) is 0 Å². The number of ketones is 2. The Kier molecular flexibility index (Phi) is 5.43. The zero-order chi connectivity index (χ0) is 21.3. The van der Waals surface area contributed by atoms with Crippen LogP contribution in [0.3, 0.4) is 0 Å². The molecule has 0 spiro atoms. The molecule has 0 saturated carbocycles. The maximum absolute atomic E-state index is 12.8. The first-order valence-corrected chi connectivity index (χ1v) is 9.65. The van der Waals surface area contributed by atoms with Crippen LogP contribution in [0.2, 0.25) is 0 Å². The molecule has 4 rings (SSSR count). The molecule has 2 N–H and O–H groups in total. The third-order valence-electron chi connectivity index (χ3n) is 4.82. The lowest BCUT2D eigenvalue weighted by Crippen LogP contribution is -2.31. The van der Waals surface area contributed by atoms with Crippen molar-refractivity contribution in [2.75, 3.05) is 0 Å². The zero-order valence-corrected chi connectivity index (χ0v) is 16.8. The molecule has 0 radical (unpaired) electrons. The van der Waals surface area contributed by atoms with E-state index in [1.807, 2.05) is 24.3 Å². The number of aromatic nitrogens is 4. The lowest BCUT2D eigenvalue weighted by atomic mass is 9.96. The normalized spacial score (nSPS) is 14.6. The molecule has 9 heteroatoms. The fourth-order valence-electron chi connectivity index (χ4n) is 3.16. The van der Waals surface area contributed by atoms with E-state index in [1.165, 1.54) is 12.3 Å². The van der Waals surface area contributed by atoms with Gasteiger partial charge in [-0.2, -0.15) is 0 Å². The van der Waals surface area contributed by atoms with E-state index in [0.717, 1.165) is 11.1 Å². The van der Waals surface area contributed by atoms with Crippen molar-refractivity contribution >= 4 is 23.2 Å². The summed E-state index contributed by atoms with van der Waals surface area (Å²) in [6, 6.07) is 10.2. The Bertz CT molecular complexity index is 1150. The van der Waals surface area contributed by atoms with E-state index in [2.05, 4.69) is 20.6 Å². The molecule has 0 bridgehead atoms. The highest BCUT2D eigenvalue weighted by Gasteiger charge is 2.33. The van der Waals surface area contributed by atoms with Crippen LogP contribution >= 0.6 is 11.6 Å². The summed E-state index contributed by atoms with van der Waals surface area (Å²) in [5.41, 5.74) is 2.72. The molecule has 30 heavy (non-hydrogen) atoms. The molecule has 0 aliphatic heterocycles. The van der Waals surface area contributed by atoms with Crippen LogP contribution in [0.1, 0.15) is 50.6 Å². The summed E-state index contributed by atoms with van der Waals surface area (Å²) >= 11 is 6.18. The highest BCUT2D eigenvalue weighted by molar-refractivity contribution is 6.49. The Balaban J connectivity index is 1.50. The molecule has 1 unspecified atom stereocenters. The highest BCUT2D eigenvalue weighted by atomic mass is 35.5. The van der Waals surface area contributed by atoms with Crippen molar-refractivity contribution in [3.05, 3.63) is 87.6 Å². The number of aliphatic hydroxyl groups is 1. The number of carbonyl (C=O) groups is 2. The summed E-state index contributed by atoms with van der Waals surface area (Å²) in [7, 11) is 0. The second kappa shape index (κ2) is 8.17. The number of pyridine rings is 1. The van der Waals surface area contributed by atoms with E-state index < -0.39 is 17.6 Å². The van der Waals surface area contributed by atoms with Crippen LogP contribution in [0, 0.1) is 0 Å². The molecule has 1 aliphatic rings. The van der Waals surface area contributed by atoms with Crippen LogP contribution in [0.25, 0.3) is 0 Å². The third kappa shape index (κ3) is 3.74. The predicted molar refractivity (Wildman–Crippen MR) is 109 cm³/mol. The summed E-state index contributed by atoms with van der Waals surface area (Å²) in [6.45, 7) is 2.30. The number of halogens is 1. The summed E-state index contributed by atoms with van der Waals surface area (Å²) in [6.07, 6.45) is 3.22. The average Bonchev–Trinajstić information content (AvgIpc) is 3.24. The average molecular weight is 424 g/mol. The number of rotatable bonds is 6. The van der Waals surface area contributed by atoms with Crippen LogP contribution in [-0.2, 0) is 13.2 Å². The van der Waals surface area contributed by atoms with E-state index in [4.69, 9.17) is 16.7 Å². The molecule has 0 saturated heterocycles. The molecular weight excluding hydrogens is 406 g/mol. The minimum atomic E-state index is -0.441. The highest BCUT2D eigenvalue weighted by Crippen LogP contribution is 2.27. The van der Waals surface area contributed by atoms with Crippen molar-refractivity contribution < 1.29 is 14.7 Å². The van der Waals surface area contributed by atoms with Crippen LogP contribution in [0.4, 0.5) is 0 Å². The molecule has 152 valence electrons. The van der Waals surface area contributed by atoms with E-state index >= 15 is 0 Å². The predicted octanol–water partition coefficient (Wildman–Crippen LogP) is 2.39. The molecule has 3 aromatic rings. The minimum Gasteiger partial charge on any atom is -0.392 e. The summed E-state index contributed by atoms with van der Waals surface area (Å²) in [5, 5.41) is 20.2. The summed E-state index contributed by atoms with van der Waals surface area (Å²) in [4.78, 5) is 29.3. The van der Waals surface area contributed by atoms with E-state index in [0.29, 0.717) is 12.2 Å². The van der Waals surface area contributed by atoms with Crippen molar-refractivity contribution in [2.45, 2.75) is 26.1 Å². The molecule has 0 amide bonds. The van der Waals surface area contributed by atoms with Crippen molar-refractivity contribution in [1.82, 2.24) is 25.3 Å². The first-order chi connectivity index (χ1) is 14.5. The molecule has 8 nitrogen and oxygen atoms in total. The Labute approximate surface area is 177 Å². The van der Waals surface area contributed by atoms with E-state index in [1.54, 1.807) is 23.9 Å². The number of aliphatic hydroxyl groups excluding tert-OH is 1. The van der Waals surface area contributed by atoms with E-state index in [9.17, 15) is 9.59 Å². The molecule has 1 aromatic carbocycles. The number of fused-ring (bicyclic) bond motifs is 1.